The average Bonchev–Trinajstić information content (AvgIpc) is 3.20. The van der Waals surface area contributed by atoms with E-state index < -0.39 is 26.6 Å². The van der Waals surface area contributed by atoms with Crippen molar-refractivity contribution in [3.05, 3.63) is 97.2 Å². The highest BCUT2D eigenvalue weighted by Crippen LogP contribution is 2.38. The van der Waals surface area contributed by atoms with Crippen molar-refractivity contribution in [1.29, 1.82) is 0 Å². The standard InChI is InChI=1S/C51H89N2O6P/c1-6-8-10-12-14-16-18-20-22-23-24-25-26-27-28-29-31-33-35-37-39-41-43-45-51(55)52-49(48-59-60(56,57)58-47-46-53(3,4)5)50(54)44-42-40-38-36-34-32-30-21-19-17-15-13-11-9-7-2/h8,10,14,16,19-22,24-25,27-28,34,36,42,44,49-50,54H,6-7,9,11-13,15,17-18,23,26,29-33,35,37-41,43,45-48H2,1-5H3,(H-,52,55,56,57)/b10-8-,16-14-,21-19+,22-20-,25-24-,28-27-,36-34+,44-42+. The van der Waals surface area contributed by atoms with Crippen LogP contribution < -0.4 is 10.2 Å². The van der Waals surface area contributed by atoms with Crippen LogP contribution in [0, 0.1) is 0 Å². The fourth-order valence-corrected chi connectivity index (χ4v) is 6.75. The first kappa shape index (κ1) is 57.4. The second-order valence-electron chi connectivity index (χ2n) is 16.7. The summed E-state index contributed by atoms with van der Waals surface area (Å²) in [5.41, 5.74) is 0. The molecule has 0 aromatic rings. The minimum Gasteiger partial charge on any atom is -0.756 e. The van der Waals surface area contributed by atoms with Crippen LogP contribution in [0.15, 0.2) is 97.2 Å². The quantitative estimate of drug-likeness (QED) is 0.0274. The summed E-state index contributed by atoms with van der Waals surface area (Å²) in [6, 6.07) is -0.921. The predicted molar refractivity (Wildman–Crippen MR) is 256 cm³/mol. The molecule has 8 nitrogen and oxygen atoms in total. The van der Waals surface area contributed by atoms with Gasteiger partial charge in [0.2, 0.25) is 5.91 Å². The number of aliphatic hydroxyl groups excluding tert-OH is 1. The Kier molecular flexibility index (Phi) is 40.0. The number of hydrogen-bond acceptors (Lipinski definition) is 6. The van der Waals surface area contributed by atoms with Crippen LogP contribution in [0.3, 0.4) is 0 Å². The number of amides is 1. The van der Waals surface area contributed by atoms with Crippen LogP contribution in [-0.2, 0) is 18.4 Å². The highest BCUT2D eigenvalue weighted by Gasteiger charge is 2.23. The van der Waals surface area contributed by atoms with Gasteiger partial charge in [-0.2, -0.15) is 0 Å². The number of quaternary nitrogens is 1. The van der Waals surface area contributed by atoms with Crippen molar-refractivity contribution in [3.8, 4) is 0 Å². The lowest BCUT2D eigenvalue weighted by Gasteiger charge is -2.29. The van der Waals surface area contributed by atoms with Crippen LogP contribution in [0.4, 0.5) is 0 Å². The third-order valence-electron chi connectivity index (χ3n) is 9.76. The van der Waals surface area contributed by atoms with Gasteiger partial charge in [0.1, 0.15) is 13.2 Å². The summed E-state index contributed by atoms with van der Waals surface area (Å²) in [6.45, 7) is 4.45. The molecule has 344 valence electrons. The first-order valence-electron chi connectivity index (χ1n) is 23.6. The van der Waals surface area contributed by atoms with Crippen molar-refractivity contribution in [2.45, 2.75) is 180 Å². The van der Waals surface area contributed by atoms with E-state index in [1.54, 1.807) is 6.08 Å². The Morgan fingerprint density at radius 2 is 1.03 bits per heavy atom. The third kappa shape index (κ3) is 43.5. The Morgan fingerprint density at radius 3 is 1.55 bits per heavy atom. The van der Waals surface area contributed by atoms with Crippen molar-refractivity contribution in [2.24, 2.45) is 0 Å². The summed E-state index contributed by atoms with van der Waals surface area (Å²) in [5, 5.41) is 13.8. The third-order valence-corrected chi connectivity index (χ3v) is 10.7. The van der Waals surface area contributed by atoms with Gasteiger partial charge in [-0.05, 0) is 89.9 Å². The largest absolute Gasteiger partial charge is 0.756 e. The fraction of sp³-hybridized carbons (Fsp3) is 0.667. The highest BCUT2D eigenvalue weighted by molar-refractivity contribution is 7.45. The summed E-state index contributed by atoms with van der Waals surface area (Å²) < 4.78 is 23.2. The molecule has 0 aromatic carbocycles. The molecule has 3 unspecified atom stereocenters. The molecule has 0 radical (unpaired) electrons. The van der Waals surface area contributed by atoms with E-state index in [0.717, 1.165) is 96.3 Å². The molecule has 0 aliphatic rings. The molecule has 3 atom stereocenters. The van der Waals surface area contributed by atoms with Crippen molar-refractivity contribution < 1.29 is 32.9 Å². The van der Waals surface area contributed by atoms with E-state index >= 15 is 0 Å². The Labute approximate surface area is 369 Å². The first-order chi connectivity index (χ1) is 29.0. The number of aliphatic hydroxyl groups is 1. The first-order valence-corrected chi connectivity index (χ1v) is 25.1. The fourth-order valence-electron chi connectivity index (χ4n) is 6.03. The lowest BCUT2D eigenvalue weighted by atomic mass is 10.1. The van der Waals surface area contributed by atoms with Crippen LogP contribution in [0.2, 0.25) is 0 Å². The number of nitrogens with zero attached hydrogens (tertiary/aromatic N) is 1. The van der Waals surface area contributed by atoms with Crippen LogP contribution in [-0.4, -0.2) is 68.5 Å². The molecule has 0 rings (SSSR count). The van der Waals surface area contributed by atoms with Crippen LogP contribution in [0.5, 0.6) is 0 Å². The molecule has 0 saturated heterocycles. The number of phosphoric ester groups is 1. The van der Waals surface area contributed by atoms with E-state index in [1.165, 1.54) is 51.4 Å². The monoisotopic (exact) mass is 857 g/mol. The number of likely N-dealkylation sites (N-methyl/N-ethyl adjacent to an activating group) is 1. The molecule has 0 spiro atoms. The average molecular weight is 857 g/mol. The Hall–Kier alpha value is -2.58. The molecule has 0 fully saturated rings. The Morgan fingerprint density at radius 1 is 0.600 bits per heavy atom. The van der Waals surface area contributed by atoms with E-state index in [9.17, 15) is 19.4 Å². The molecule has 0 saturated carbocycles. The highest BCUT2D eigenvalue weighted by atomic mass is 31.2. The topological polar surface area (TPSA) is 108 Å². The molecular formula is C51H89N2O6P. The minimum absolute atomic E-state index is 0.0169. The van der Waals surface area contributed by atoms with Crippen molar-refractivity contribution >= 4 is 13.7 Å². The predicted octanol–water partition coefficient (Wildman–Crippen LogP) is 12.9. The molecule has 60 heavy (non-hydrogen) atoms. The van der Waals surface area contributed by atoms with Gasteiger partial charge < -0.3 is 28.8 Å². The summed E-state index contributed by atoms with van der Waals surface area (Å²) >= 11 is 0. The number of unbranched alkanes of at least 4 members (excludes halogenated alkanes) is 14. The smallest absolute Gasteiger partial charge is 0.268 e. The number of phosphoric acid groups is 1. The molecular weight excluding hydrogens is 768 g/mol. The van der Waals surface area contributed by atoms with Crippen LogP contribution in [0.25, 0.3) is 0 Å². The maximum Gasteiger partial charge on any atom is 0.268 e. The molecule has 0 heterocycles. The second kappa shape index (κ2) is 41.8. The van der Waals surface area contributed by atoms with E-state index in [2.05, 4.69) is 104 Å². The normalized spacial score (nSPS) is 15.1. The second-order valence-corrected chi connectivity index (χ2v) is 18.1. The number of carbonyl (C=O) groups is 1. The number of hydrogen-bond donors (Lipinski definition) is 2. The SMILES string of the molecule is CC/C=C\C/C=C\C/C=C\C/C=C\C/C=C\CCCCCCCCCC(=O)NC(COP(=O)([O-])OCC[N+](C)(C)C)C(O)/C=C/CC/C=C/CC/C=C/CCCCCCC. The lowest BCUT2D eigenvalue weighted by molar-refractivity contribution is -0.870. The molecule has 2 N–H and O–H groups in total. The van der Waals surface area contributed by atoms with Gasteiger partial charge in [0.25, 0.3) is 7.82 Å². The lowest BCUT2D eigenvalue weighted by Crippen LogP contribution is -2.45. The molecule has 0 aliphatic carbocycles. The molecule has 0 aromatic heterocycles. The van der Waals surface area contributed by atoms with E-state index in [-0.39, 0.29) is 12.5 Å². The van der Waals surface area contributed by atoms with Gasteiger partial charge in [-0.15, -0.1) is 0 Å². The molecule has 0 bridgehead atoms. The van der Waals surface area contributed by atoms with Crippen molar-refractivity contribution in [2.75, 3.05) is 40.9 Å². The number of rotatable bonds is 41. The van der Waals surface area contributed by atoms with Crippen LogP contribution >= 0.6 is 7.82 Å². The van der Waals surface area contributed by atoms with E-state index in [4.69, 9.17) is 9.05 Å². The van der Waals surface area contributed by atoms with E-state index in [1.807, 2.05) is 27.2 Å². The summed E-state index contributed by atoms with van der Waals surface area (Å²) in [4.78, 5) is 25.3. The maximum atomic E-state index is 12.9. The number of carbonyl (C=O) groups excluding carboxylic acids is 1. The van der Waals surface area contributed by atoms with Gasteiger partial charge in [0.15, 0.2) is 0 Å². The Bertz CT molecular complexity index is 1290. The zero-order chi connectivity index (χ0) is 44.3. The summed E-state index contributed by atoms with van der Waals surface area (Å²) in [5.74, 6) is -0.228. The minimum atomic E-state index is -4.61. The van der Waals surface area contributed by atoms with Gasteiger partial charge in [-0.3, -0.25) is 9.36 Å². The van der Waals surface area contributed by atoms with Crippen LogP contribution in [0.1, 0.15) is 168 Å². The zero-order valence-electron chi connectivity index (χ0n) is 38.9. The Balaban J connectivity index is 4.45. The van der Waals surface area contributed by atoms with E-state index in [0.29, 0.717) is 17.4 Å². The van der Waals surface area contributed by atoms with Crippen molar-refractivity contribution in [1.82, 2.24) is 5.32 Å². The van der Waals surface area contributed by atoms with Gasteiger partial charge in [-0.1, -0.05) is 169 Å². The van der Waals surface area contributed by atoms with Gasteiger partial charge in [0.05, 0.1) is 39.9 Å². The maximum absolute atomic E-state index is 12.9. The summed E-state index contributed by atoms with van der Waals surface area (Å²) in [6.07, 6.45) is 58.8. The molecule has 0 aliphatic heterocycles. The van der Waals surface area contributed by atoms with Gasteiger partial charge in [0, 0.05) is 6.42 Å². The number of nitrogens with one attached hydrogen (secondary N) is 1. The number of allylic oxidation sites excluding steroid dienone is 15. The zero-order valence-corrected chi connectivity index (χ0v) is 39.8. The van der Waals surface area contributed by atoms with Gasteiger partial charge in [-0.25, -0.2) is 0 Å². The van der Waals surface area contributed by atoms with Gasteiger partial charge >= 0.3 is 0 Å². The molecule has 1 amide bonds. The molecule has 9 heteroatoms. The summed E-state index contributed by atoms with van der Waals surface area (Å²) in [7, 11) is 1.21. The van der Waals surface area contributed by atoms with Crippen molar-refractivity contribution in [3.63, 3.8) is 0 Å².